The van der Waals surface area contributed by atoms with Gasteiger partial charge in [0.2, 0.25) is 5.91 Å². The standard InChI is InChI=1S/C13H14FNO2/c1-13(2)7-8(5-12(15)16)10-6-9(14)3-4-11(10)17-13/h3-6H,7H2,1-2H3,(H2,15,16)/b8-5+. The average Bonchev–Trinajstić information content (AvgIpc) is 2.17. The Balaban J connectivity index is 2.56. The fourth-order valence-electron chi connectivity index (χ4n) is 2.03. The molecular formula is C13H14FNO2. The van der Waals surface area contributed by atoms with E-state index in [1.807, 2.05) is 13.8 Å². The van der Waals surface area contributed by atoms with Crippen molar-refractivity contribution < 1.29 is 13.9 Å². The maximum absolute atomic E-state index is 13.2. The molecule has 2 N–H and O–H groups in total. The molecule has 1 aromatic carbocycles. The van der Waals surface area contributed by atoms with Gasteiger partial charge >= 0.3 is 0 Å². The van der Waals surface area contributed by atoms with Crippen molar-refractivity contribution in [3.05, 3.63) is 35.7 Å². The summed E-state index contributed by atoms with van der Waals surface area (Å²) in [5.41, 5.74) is 6.04. The van der Waals surface area contributed by atoms with E-state index in [1.54, 1.807) is 6.07 Å². The number of fused-ring (bicyclic) bond motifs is 1. The summed E-state index contributed by atoms with van der Waals surface area (Å²) in [6, 6.07) is 4.27. The first-order valence-corrected chi connectivity index (χ1v) is 5.36. The van der Waals surface area contributed by atoms with Crippen LogP contribution in [0.5, 0.6) is 5.75 Å². The van der Waals surface area contributed by atoms with Crippen LogP contribution in [-0.4, -0.2) is 11.5 Å². The molecule has 4 heteroatoms. The molecule has 1 amide bonds. The number of halogens is 1. The molecule has 2 rings (SSSR count). The van der Waals surface area contributed by atoms with Crippen molar-refractivity contribution in [2.45, 2.75) is 25.9 Å². The maximum atomic E-state index is 13.2. The monoisotopic (exact) mass is 235 g/mol. The molecule has 3 nitrogen and oxygen atoms in total. The third-order valence-corrected chi connectivity index (χ3v) is 2.61. The molecule has 17 heavy (non-hydrogen) atoms. The van der Waals surface area contributed by atoms with E-state index in [0.717, 1.165) is 0 Å². The molecule has 0 radical (unpaired) electrons. The van der Waals surface area contributed by atoms with Gasteiger partial charge in [0.25, 0.3) is 0 Å². The molecule has 90 valence electrons. The number of rotatable bonds is 1. The number of carbonyl (C=O) groups excluding carboxylic acids is 1. The van der Waals surface area contributed by atoms with E-state index in [2.05, 4.69) is 0 Å². The number of hydrogen-bond donors (Lipinski definition) is 1. The number of primary amides is 1. The van der Waals surface area contributed by atoms with Gasteiger partial charge in [-0.1, -0.05) is 0 Å². The van der Waals surface area contributed by atoms with E-state index in [1.165, 1.54) is 18.2 Å². The average molecular weight is 235 g/mol. The number of benzene rings is 1. The van der Waals surface area contributed by atoms with Crippen LogP contribution in [0, 0.1) is 5.82 Å². The normalized spacial score (nSPS) is 19.6. The lowest BCUT2D eigenvalue weighted by atomic mass is 9.89. The van der Waals surface area contributed by atoms with E-state index < -0.39 is 11.5 Å². The molecule has 1 aliphatic rings. The Hall–Kier alpha value is -1.84. The van der Waals surface area contributed by atoms with Crippen LogP contribution in [0.3, 0.4) is 0 Å². The molecule has 0 saturated heterocycles. The van der Waals surface area contributed by atoms with E-state index in [4.69, 9.17) is 10.5 Å². The first kappa shape index (κ1) is 11.6. The highest BCUT2D eigenvalue weighted by molar-refractivity contribution is 5.95. The Morgan fingerprint density at radius 1 is 1.53 bits per heavy atom. The summed E-state index contributed by atoms with van der Waals surface area (Å²) in [4.78, 5) is 11.0. The van der Waals surface area contributed by atoms with Gasteiger partial charge < -0.3 is 10.5 Å². The first-order valence-electron chi connectivity index (χ1n) is 5.36. The lowest BCUT2D eigenvalue weighted by Gasteiger charge is -2.34. The van der Waals surface area contributed by atoms with E-state index in [-0.39, 0.29) is 5.82 Å². The van der Waals surface area contributed by atoms with Crippen molar-refractivity contribution in [2.75, 3.05) is 0 Å². The second-order valence-corrected chi connectivity index (χ2v) is 4.75. The molecule has 0 saturated carbocycles. The van der Waals surface area contributed by atoms with Crippen LogP contribution in [0.15, 0.2) is 24.3 Å². The topological polar surface area (TPSA) is 52.3 Å². The van der Waals surface area contributed by atoms with Gasteiger partial charge in [-0.3, -0.25) is 4.79 Å². The SMILES string of the molecule is CC1(C)C/C(=C\C(N)=O)c2cc(F)ccc2O1. The zero-order chi connectivity index (χ0) is 12.6. The third kappa shape index (κ3) is 2.46. The van der Waals surface area contributed by atoms with Crippen molar-refractivity contribution in [1.29, 1.82) is 0 Å². The summed E-state index contributed by atoms with van der Waals surface area (Å²) >= 11 is 0. The highest BCUT2D eigenvalue weighted by atomic mass is 19.1. The van der Waals surface area contributed by atoms with Crippen LogP contribution >= 0.6 is 0 Å². The second kappa shape index (κ2) is 3.87. The molecule has 0 unspecified atom stereocenters. The van der Waals surface area contributed by atoms with Gasteiger partial charge in [0.15, 0.2) is 0 Å². The number of hydrogen-bond acceptors (Lipinski definition) is 2. The minimum absolute atomic E-state index is 0.359. The highest BCUT2D eigenvalue weighted by Gasteiger charge is 2.30. The Kier molecular flexibility index (Phi) is 2.65. The molecule has 0 bridgehead atoms. The van der Waals surface area contributed by atoms with Gasteiger partial charge in [-0.05, 0) is 37.6 Å². The number of carbonyl (C=O) groups is 1. The van der Waals surface area contributed by atoms with Crippen LogP contribution in [0.1, 0.15) is 25.8 Å². The minimum Gasteiger partial charge on any atom is -0.487 e. The molecule has 0 spiro atoms. The Bertz CT molecular complexity index is 506. The highest BCUT2D eigenvalue weighted by Crippen LogP contribution is 2.40. The summed E-state index contributed by atoms with van der Waals surface area (Å²) in [5.74, 6) is -0.314. The molecular weight excluding hydrogens is 221 g/mol. The molecule has 0 fully saturated rings. The second-order valence-electron chi connectivity index (χ2n) is 4.75. The number of nitrogens with two attached hydrogens (primary N) is 1. The molecule has 0 atom stereocenters. The molecule has 0 aliphatic carbocycles. The Labute approximate surface area is 99.1 Å². The molecule has 1 aliphatic heterocycles. The Morgan fingerprint density at radius 3 is 2.88 bits per heavy atom. The van der Waals surface area contributed by atoms with E-state index >= 15 is 0 Å². The van der Waals surface area contributed by atoms with Gasteiger partial charge in [0, 0.05) is 18.1 Å². The smallest absolute Gasteiger partial charge is 0.241 e. The lowest BCUT2D eigenvalue weighted by Crippen LogP contribution is -2.32. The summed E-state index contributed by atoms with van der Waals surface area (Å²) in [5, 5.41) is 0. The van der Waals surface area contributed by atoms with Crippen molar-refractivity contribution in [3.63, 3.8) is 0 Å². The largest absolute Gasteiger partial charge is 0.487 e. The fraction of sp³-hybridized carbons (Fsp3) is 0.308. The zero-order valence-electron chi connectivity index (χ0n) is 9.79. The summed E-state index contributed by atoms with van der Waals surface area (Å²) < 4.78 is 18.9. The lowest BCUT2D eigenvalue weighted by molar-refractivity contribution is -0.113. The van der Waals surface area contributed by atoms with Gasteiger partial charge in [-0.2, -0.15) is 0 Å². The maximum Gasteiger partial charge on any atom is 0.241 e. The van der Waals surface area contributed by atoms with Gasteiger partial charge in [-0.15, -0.1) is 0 Å². The van der Waals surface area contributed by atoms with E-state index in [0.29, 0.717) is 23.3 Å². The Morgan fingerprint density at radius 2 is 2.24 bits per heavy atom. The first-order chi connectivity index (χ1) is 7.87. The van der Waals surface area contributed by atoms with Crippen molar-refractivity contribution in [3.8, 4) is 5.75 Å². The summed E-state index contributed by atoms with van der Waals surface area (Å²) in [6.45, 7) is 3.82. The minimum atomic E-state index is -0.534. The van der Waals surface area contributed by atoms with Gasteiger partial charge in [0.1, 0.15) is 17.2 Å². The van der Waals surface area contributed by atoms with Crippen LogP contribution in [0.4, 0.5) is 4.39 Å². The molecule has 1 aromatic rings. The van der Waals surface area contributed by atoms with Crippen molar-refractivity contribution in [2.24, 2.45) is 5.73 Å². The van der Waals surface area contributed by atoms with E-state index in [9.17, 15) is 9.18 Å². The van der Waals surface area contributed by atoms with Crippen LogP contribution in [0.2, 0.25) is 0 Å². The van der Waals surface area contributed by atoms with Crippen LogP contribution < -0.4 is 10.5 Å². The molecule has 1 heterocycles. The van der Waals surface area contributed by atoms with Gasteiger partial charge in [-0.25, -0.2) is 4.39 Å². The predicted octanol–water partition coefficient (Wildman–Crippen LogP) is 2.26. The quantitative estimate of drug-likeness (QED) is 0.759. The third-order valence-electron chi connectivity index (χ3n) is 2.61. The summed E-state index contributed by atoms with van der Waals surface area (Å²) in [6.07, 6.45) is 1.86. The van der Waals surface area contributed by atoms with Crippen LogP contribution in [0.25, 0.3) is 5.57 Å². The fourth-order valence-corrected chi connectivity index (χ4v) is 2.03. The van der Waals surface area contributed by atoms with Crippen LogP contribution in [-0.2, 0) is 4.79 Å². The predicted molar refractivity (Wildman–Crippen MR) is 62.9 cm³/mol. The number of amides is 1. The zero-order valence-corrected chi connectivity index (χ0v) is 9.79. The summed E-state index contributed by atoms with van der Waals surface area (Å²) in [7, 11) is 0. The van der Waals surface area contributed by atoms with Crippen molar-refractivity contribution >= 4 is 11.5 Å². The van der Waals surface area contributed by atoms with Crippen molar-refractivity contribution in [1.82, 2.24) is 0 Å². The number of ether oxygens (including phenoxy) is 1. The van der Waals surface area contributed by atoms with Gasteiger partial charge in [0.05, 0.1) is 0 Å². The molecule has 0 aromatic heterocycles.